The third kappa shape index (κ3) is 3.30. The van der Waals surface area contributed by atoms with E-state index in [0.29, 0.717) is 6.07 Å². The number of nitrogens with one attached hydrogen (secondary N) is 1. The first kappa shape index (κ1) is 14.2. The van der Waals surface area contributed by atoms with Crippen LogP contribution in [-0.2, 0) is 4.79 Å². The summed E-state index contributed by atoms with van der Waals surface area (Å²) in [7, 11) is 3.10. The fourth-order valence-electron chi connectivity index (χ4n) is 1.16. The van der Waals surface area contributed by atoms with E-state index in [0.717, 1.165) is 6.07 Å². The van der Waals surface area contributed by atoms with Crippen molar-refractivity contribution in [2.24, 2.45) is 0 Å². The van der Waals surface area contributed by atoms with Crippen LogP contribution in [0.15, 0.2) is 12.1 Å². The zero-order valence-corrected chi connectivity index (χ0v) is 10.5. The predicted octanol–water partition coefficient (Wildman–Crippen LogP) is 1.89. The van der Waals surface area contributed by atoms with Crippen LogP contribution in [0.4, 0.5) is 15.8 Å². The minimum Gasteiger partial charge on any atom is -0.371 e. The molecule has 0 spiro atoms. The molecule has 1 aromatic rings. The molecular weight excluding hydrogens is 265 g/mol. The molecule has 0 unspecified atom stereocenters. The van der Waals surface area contributed by atoms with Gasteiger partial charge in [0, 0.05) is 14.1 Å². The van der Waals surface area contributed by atoms with Gasteiger partial charge in [-0.25, -0.2) is 4.39 Å². The molecule has 0 radical (unpaired) electrons. The Labute approximate surface area is 107 Å². The van der Waals surface area contributed by atoms with Crippen molar-refractivity contribution in [1.82, 2.24) is 4.90 Å². The average Bonchev–Trinajstić information content (AvgIpc) is 2.29. The molecule has 98 valence electrons. The quantitative estimate of drug-likeness (QED) is 0.672. The molecule has 0 aromatic heterocycles. The number of hydrogen-bond donors (Lipinski definition) is 1. The lowest BCUT2D eigenvalue weighted by Crippen LogP contribution is -2.28. The summed E-state index contributed by atoms with van der Waals surface area (Å²) in [6, 6.07) is 1.79. The van der Waals surface area contributed by atoms with Gasteiger partial charge in [-0.1, -0.05) is 11.6 Å². The number of carbonyl (C=O) groups excluding carboxylic acids is 1. The molecule has 0 aliphatic carbocycles. The molecule has 0 fully saturated rings. The number of nitro groups is 1. The number of halogens is 2. The Hall–Kier alpha value is -1.89. The lowest BCUT2D eigenvalue weighted by Gasteiger charge is -2.12. The van der Waals surface area contributed by atoms with Crippen LogP contribution in [0.3, 0.4) is 0 Å². The first-order chi connectivity index (χ1) is 8.32. The third-order valence-corrected chi connectivity index (χ3v) is 2.45. The molecule has 8 heteroatoms. The zero-order chi connectivity index (χ0) is 13.9. The maximum absolute atomic E-state index is 13.1. The molecule has 0 saturated carbocycles. The summed E-state index contributed by atoms with van der Waals surface area (Å²) in [6.07, 6.45) is 0. The van der Waals surface area contributed by atoms with Crippen molar-refractivity contribution in [2.75, 3.05) is 26.0 Å². The number of amides is 1. The van der Waals surface area contributed by atoms with E-state index in [9.17, 15) is 19.3 Å². The molecule has 18 heavy (non-hydrogen) atoms. The summed E-state index contributed by atoms with van der Waals surface area (Å²) in [4.78, 5) is 22.6. The van der Waals surface area contributed by atoms with Gasteiger partial charge in [0.05, 0.1) is 22.6 Å². The lowest BCUT2D eigenvalue weighted by atomic mass is 10.2. The van der Waals surface area contributed by atoms with Crippen LogP contribution in [0.25, 0.3) is 0 Å². The van der Waals surface area contributed by atoms with E-state index in [1.807, 2.05) is 0 Å². The predicted molar refractivity (Wildman–Crippen MR) is 65.2 cm³/mol. The number of nitrogens with zero attached hydrogens (tertiary/aromatic N) is 2. The minimum atomic E-state index is -0.882. The topological polar surface area (TPSA) is 75.5 Å². The molecule has 1 rings (SSSR count). The molecule has 1 N–H and O–H groups in total. The standard InChI is InChI=1S/C10H11ClFN3O3/c1-14(2)10(16)5-13-8-3-6(11)7(12)4-9(8)15(17)18/h3-4,13H,5H2,1-2H3. The van der Waals surface area contributed by atoms with Gasteiger partial charge in [-0.3, -0.25) is 14.9 Å². The maximum atomic E-state index is 13.1. The van der Waals surface area contributed by atoms with Crippen molar-refractivity contribution in [1.29, 1.82) is 0 Å². The van der Waals surface area contributed by atoms with Crippen LogP contribution in [-0.4, -0.2) is 36.4 Å². The van der Waals surface area contributed by atoms with Crippen molar-refractivity contribution in [3.63, 3.8) is 0 Å². The molecule has 0 aliphatic heterocycles. The van der Waals surface area contributed by atoms with Crippen LogP contribution in [0, 0.1) is 15.9 Å². The van der Waals surface area contributed by atoms with Gasteiger partial charge in [-0.05, 0) is 6.07 Å². The van der Waals surface area contributed by atoms with E-state index in [4.69, 9.17) is 11.6 Å². The number of benzene rings is 1. The van der Waals surface area contributed by atoms with Gasteiger partial charge in [-0.15, -0.1) is 0 Å². The van der Waals surface area contributed by atoms with Crippen LogP contribution in [0.5, 0.6) is 0 Å². The van der Waals surface area contributed by atoms with E-state index in [1.165, 1.54) is 4.90 Å². The Morgan fingerprint density at radius 2 is 2.17 bits per heavy atom. The number of hydrogen-bond acceptors (Lipinski definition) is 4. The largest absolute Gasteiger partial charge is 0.371 e. The van der Waals surface area contributed by atoms with E-state index >= 15 is 0 Å². The summed E-state index contributed by atoms with van der Waals surface area (Å²) in [5.74, 6) is -1.16. The molecule has 1 aromatic carbocycles. The van der Waals surface area contributed by atoms with Crippen molar-refractivity contribution in [3.8, 4) is 0 Å². The Balaban J connectivity index is 2.97. The SMILES string of the molecule is CN(C)C(=O)CNc1cc(Cl)c(F)cc1[N+](=O)[O-]. The second-order valence-electron chi connectivity index (χ2n) is 3.68. The van der Waals surface area contributed by atoms with Crippen molar-refractivity contribution in [3.05, 3.63) is 33.1 Å². The Morgan fingerprint density at radius 3 is 2.67 bits per heavy atom. The van der Waals surface area contributed by atoms with Gasteiger partial charge in [-0.2, -0.15) is 0 Å². The van der Waals surface area contributed by atoms with E-state index in [2.05, 4.69) is 5.32 Å². The molecule has 0 heterocycles. The van der Waals surface area contributed by atoms with Crippen LogP contribution < -0.4 is 5.32 Å². The molecule has 1 amide bonds. The van der Waals surface area contributed by atoms with Gasteiger partial charge >= 0.3 is 0 Å². The summed E-state index contributed by atoms with van der Waals surface area (Å²) in [5, 5.41) is 13.0. The Morgan fingerprint density at radius 1 is 1.56 bits per heavy atom. The maximum Gasteiger partial charge on any atom is 0.295 e. The second kappa shape index (κ2) is 5.63. The number of nitro benzene ring substituents is 1. The smallest absolute Gasteiger partial charge is 0.295 e. The van der Waals surface area contributed by atoms with Gasteiger partial charge in [0.1, 0.15) is 11.5 Å². The summed E-state index contributed by atoms with van der Waals surface area (Å²) >= 11 is 5.54. The van der Waals surface area contributed by atoms with Crippen LogP contribution >= 0.6 is 11.6 Å². The fourth-order valence-corrected chi connectivity index (χ4v) is 1.32. The highest BCUT2D eigenvalue weighted by molar-refractivity contribution is 6.31. The van der Waals surface area contributed by atoms with Gasteiger partial charge in [0.15, 0.2) is 0 Å². The Kier molecular flexibility index (Phi) is 4.43. The fraction of sp³-hybridized carbons (Fsp3) is 0.300. The molecule has 0 atom stereocenters. The zero-order valence-electron chi connectivity index (χ0n) is 9.74. The van der Waals surface area contributed by atoms with Crippen LogP contribution in [0.2, 0.25) is 5.02 Å². The van der Waals surface area contributed by atoms with E-state index in [1.54, 1.807) is 14.1 Å². The van der Waals surface area contributed by atoms with Crippen molar-refractivity contribution < 1.29 is 14.1 Å². The molecule has 6 nitrogen and oxygen atoms in total. The third-order valence-electron chi connectivity index (χ3n) is 2.16. The number of anilines is 1. The second-order valence-corrected chi connectivity index (χ2v) is 4.09. The highest BCUT2D eigenvalue weighted by Crippen LogP contribution is 2.30. The first-order valence-electron chi connectivity index (χ1n) is 4.90. The molecule has 0 bridgehead atoms. The van der Waals surface area contributed by atoms with Crippen LogP contribution in [0.1, 0.15) is 0 Å². The summed E-state index contributed by atoms with van der Waals surface area (Å²) in [6.45, 7) is -0.143. The first-order valence-corrected chi connectivity index (χ1v) is 5.28. The van der Waals surface area contributed by atoms with Crippen molar-refractivity contribution in [2.45, 2.75) is 0 Å². The van der Waals surface area contributed by atoms with Crippen molar-refractivity contribution >= 4 is 28.9 Å². The summed E-state index contributed by atoms with van der Waals surface area (Å²) in [5.41, 5.74) is -0.468. The van der Waals surface area contributed by atoms with Gasteiger partial charge in [0.2, 0.25) is 5.91 Å². The summed E-state index contributed by atoms with van der Waals surface area (Å²) < 4.78 is 13.1. The average molecular weight is 276 g/mol. The van der Waals surface area contributed by atoms with Gasteiger partial charge < -0.3 is 10.2 Å². The van der Waals surface area contributed by atoms with Gasteiger partial charge in [0.25, 0.3) is 5.69 Å². The number of rotatable bonds is 4. The molecule has 0 saturated heterocycles. The molecule has 0 aliphatic rings. The van der Waals surface area contributed by atoms with E-state index < -0.39 is 16.4 Å². The number of carbonyl (C=O) groups is 1. The Bertz CT molecular complexity index is 494. The lowest BCUT2D eigenvalue weighted by molar-refractivity contribution is -0.384. The monoisotopic (exact) mass is 275 g/mol. The number of likely N-dealkylation sites (N-methyl/N-ethyl adjacent to an activating group) is 1. The van der Waals surface area contributed by atoms with E-state index in [-0.39, 0.29) is 23.2 Å². The highest BCUT2D eigenvalue weighted by atomic mass is 35.5. The molecular formula is C10H11ClFN3O3. The minimum absolute atomic E-state index is 0.00148. The normalized spacial score (nSPS) is 10.0. The highest BCUT2D eigenvalue weighted by Gasteiger charge is 2.18.